The third-order valence-corrected chi connectivity index (χ3v) is 1.49. The van der Waals surface area contributed by atoms with Crippen LogP contribution in [0.1, 0.15) is 5.56 Å². The number of benzene rings is 1. The molecular weight excluding hydrogens is 157 g/mol. The van der Waals surface area contributed by atoms with Gasteiger partial charge >= 0.3 is 0 Å². The van der Waals surface area contributed by atoms with Gasteiger partial charge in [0.05, 0.1) is 5.69 Å². The Morgan fingerprint density at radius 3 is 2.67 bits per heavy atom. The summed E-state index contributed by atoms with van der Waals surface area (Å²) in [6, 6.07) is 4.57. The van der Waals surface area contributed by atoms with Crippen LogP contribution in [0.3, 0.4) is 0 Å². The van der Waals surface area contributed by atoms with Gasteiger partial charge in [0.25, 0.3) is 0 Å². The van der Waals surface area contributed by atoms with Crippen molar-refractivity contribution < 1.29 is 4.39 Å². The van der Waals surface area contributed by atoms with Gasteiger partial charge in [-0.15, -0.1) is 0 Å². The van der Waals surface area contributed by atoms with Gasteiger partial charge < -0.3 is 11.5 Å². The zero-order valence-electron chi connectivity index (χ0n) is 6.71. The molecule has 3 nitrogen and oxygen atoms in total. The Balaban J connectivity index is 3.17. The summed E-state index contributed by atoms with van der Waals surface area (Å²) in [5.74, 6) is -0.374. The Morgan fingerprint density at radius 1 is 1.42 bits per heavy atom. The molecule has 64 valence electrons. The Labute approximate surface area is 69.9 Å². The van der Waals surface area contributed by atoms with Crippen molar-refractivity contribution in [1.29, 1.82) is 0 Å². The molecule has 0 aliphatic heterocycles. The molecule has 1 aromatic carbocycles. The van der Waals surface area contributed by atoms with Crippen molar-refractivity contribution in [2.75, 3.05) is 0 Å². The van der Waals surface area contributed by atoms with Gasteiger partial charge in [0.15, 0.2) is 5.96 Å². The van der Waals surface area contributed by atoms with E-state index in [4.69, 9.17) is 11.5 Å². The molecule has 0 aliphatic rings. The van der Waals surface area contributed by atoms with Crippen LogP contribution < -0.4 is 11.5 Å². The topological polar surface area (TPSA) is 64.4 Å². The first-order valence-electron chi connectivity index (χ1n) is 3.46. The minimum Gasteiger partial charge on any atom is -0.370 e. The quantitative estimate of drug-likeness (QED) is 0.484. The zero-order chi connectivity index (χ0) is 9.14. The lowest BCUT2D eigenvalue weighted by Gasteiger charge is -2.00. The average molecular weight is 167 g/mol. The normalized spacial score (nSPS) is 9.50. The van der Waals surface area contributed by atoms with E-state index in [1.807, 2.05) is 0 Å². The predicted octanol–water partition coefficient (Wildman–Crippen LogP) is 1.04. The first-order valence-corrected chi connectivity index (χ1v) is 3.46. The maximum absolute atomic E-state index is 12.9. The third kappa shape index (κ3) is 1.72. The summed E-state index contributed by atoms with van der Waals surface area (Å²) in [6.45, 7) is 1.62. The highest BCUT2D eigenvalue weighted by Crippen LogP contribution is 2.19. The lowest BCUT2D eigenvalue weighted by atomic mass is 10.2. The predicted molar refractivity (Wildman–Crippen MR) is 46.6 cm³/mol. The van der Waals surface area contributed by atoms with Gasteiger partial charge in [-0.1, -0.05) is 6.07 Å². The first-order chi connectivity index (χ1) is 5.61. The SMILES string of the molecule is Cc1c(F)cccc1N=C(N)N. The summed E-state index contributed by atoms with van der Waals surface area (Å²) >= 11 is 0. The minimum absolute atomic E-state index is 0.0660. The van der Waals surface area contributed by atoms with Gasteiger partial charge in [-0.25, -0.2) is 9.38 Å². The second-order valence-corrected chi connectivity index (χ2v) is 2.42. The molecule has 4 N–H and O–H groups in total. The van der Waals surface area contributed by atoms with Crippen LogP contribution in [0.15, 0.2) is 23.2 Å². The number of aliphatic imine (C=N–C) groups is 1. The number of rotatable bonds is 1. The largest absolute Gasteiger partial charge is 0.370 e. The van der Waals surface area contributed by atoms with Gasteiger partial charge in [0, 0.05) is 5.56 Å². The van der Waals surface area contributed by atoms with Gasteiger partial charge in [0.2, 0.25) is 0 Å². The molecule has 0 radical (unpaired) electrons. The zero-order valence-corrected chi connectivity index (χ0v) is 6.71. The van der Waals surface area contributed by atoms with E-state index in [2.05, 4.69) is 4.99 Å². The second-order valence-electron chi connectivity index (χ2n) is 2.42. The van der Waals surface area contributed by atoms with E-state index in [0.717, 1.165) is 0 Å². The fourth-order valence-corrected chi connectivity index (χ4v) is 0.856. The molecule has 0 saturated carbocycles. The van der Waals surface area contributed by atoms with E-state index >= 15 is 0 Å². The average Bonchev–Trinajstić information content (AvgIpc) is 1.98. The molecule has 0 heterocycles. The molecule has 0 unspecified atom stereocenters. The van der Waals surface area contributed by atoms with Crippen LogP contribution in [-0.2, 0) is 0 Å². The molecule has 0 saturated heterocycles. The minimum atomic E-state index is -0.308. The molecule has 0 bridgehead atoms. The maximum atomic E-state index is 12.9. The molecule has 0 amide bonds. The van der Waals surface area contributed by atoms with Crippen molar-refractivity contribution in [1.82, 2.24) is 0 Å². The highest BCUT2D eigenvalue weighted by Gasteiger charge is 2.00. The number of nitrogens with two attached hydrogens (primary N) is 2. The fraction of sp³-hybridized carbons (Fsp3) is 0.125. The standard InChI is InChI=1S/C8H10FN3/c1-5-6(9)3-2-4-7(5)12-8(10)11/h2-4H,1H3,(H4,10,11,12). The first kappa shape index (κ1) is 8.52. The van der Waals surface area contributed by atoms with E-state index in [0.29, 0.717) is 11.3 Å². The summed E-state index contributed by atoms with van der Waals surface area (Å²) in [7, 11) is 0. The molecule has 12 heavy (non-hydrogen) atoms. The lowest BCUT2D eigenvalue weighted by molar-refractivity contribution is 0.619. The number of halogens is 1. The van der Waals surface area contributed by atoms with Gasteiger partial charge in [0.1, 0.15) is 5.82 Å². The number of guanidine groups is 1. The smallest absolute Gasteiger partial charge is 0.191 e. The Kier molecular flexibility index (Phi) is 2.28. The molecule has 0 aliphatic carbocycles. The van der Waals surface area contributed by atoms with Gasteiger partial charge in [-0.3, -0.25) is 0 Å². The Morgan fingerprint density at radius 2 is 2.08 bits per heavy atom. The fourth-order valence-electron chi connectivity index (χ4n) is 0.856. The summed E-state index contributed by atoms with van der Waals surface area (Å²) in [4.78, 5) is 3.75. The van der Waals surface area contributed by atoms with Crippen molar-refractivity contribution in [2.45, 2.75) is 6.92 Å². The van der Waals surface area contributed by atoms with E-state index in [1.54, 1.807) is 19.1 Å². The molecule has 1 rings (SSSR count). The molecule has 0 aromatic heterocycles. The van der Waals surface area contributed by atoms with Crippen molar-refractivity contribution in [3.8, 4) is 0 Å². The van der Waals surface area contributed by atoms with Crippen molar-refractivity contribution >= 4 is 11.6 Å². The van der Waals surface area contributed by atoms with Crippen LogP contribution >= 0.6 is 0 Å². The van der Waals surface area contributed by atoms with Crippen LogP contribution in [-0.4, -0.2) is 5.96 Å². The molecule has 0 fully saturated rings. The summed E-state index contributed by atoms with van der Waals surface area (Å²) in [5.41, 5.74) is 11.2. The molecule has 4 heteroatoms. The highest BCUT2D eigenvalue weighted by atomic mass is 19.1. The van der Waals surface area contributed by atoms with Crippen LogP contribution in [0.5, 0.6) is 0 Å². The third-order valence-electron chi connectivity index (χ3n) is 1.49. The van der Waals surface area contributed by atoms with E-state index in [9.17, 15) is 4.39 Å². The van der Waals surface area contributed by atoms with Crippen LogP contribution in [0.25, 0.3) is 0 Å². The van der Waals surface area contributed by atoms with Crippen LogP contribution in [0.2, 0.25) is 0 Å². The van der Waals surface area contributed by atoms with E-state index < -0.39 is 0 Å². The number of hydrogen-bond donors (Lipinski definition) is 2. The molecular formula is C8H10FN3. The molecule has 0 spiro atoms. The van der Waals surface area contributed by atoms with Crippen molar-refractivity contribution in [2.24, 2.45) is 16.5 Å². The second kappa shape index (κ2) is 3.21. The number of nitrogens with zero attached hydrogens (tertiary/aromatic N) is 1. The summed E-state index contributed by atoms with van der Waals surface area (Å²) in [6.07, 6.45) is 0. The van der Waals surface area contributed by atoms with Gasteiger partial charge in [-0.05, 0) is 19.1 Å². The summed E-state index contributed by atoms with van der Waals surface area (Å²) in [5, 5.41) is 0. The van der Waals surface area contributed by atoms with Crippen LogP contribution in [0.4, 0.5) is 10.1 Å². The molecule has 0 atom stereocenters. The number of hydrogen-bond acceptors (Lipinski definition) is 1. The Hall–Kier alpha value is -1.58. The maximum Gasteiger partial charge on any atom is 0.191 e. The van der Waals surface area contributed by atoms with Crippen molar-refractivity contribution in [3.63, 3.8) is 0 Å². The monoisotopic (exact) mass is 167 g/mol. The molecule has 1 aromatic rings. The van der Waals surface area contributed by atoms with E-state index in [1.165, 1.54) is 6.07 Å². The van der Waals surface area contributed by atoms with Crippen molar-refractivity contribution in [3.05, 3.63) is 29.6 Å². The lowest BCUT2D eigenvalue weighted by Crippen LogP contribution is -2.22. The Bertz CT molecular complexity index is 316. The summed E-state index contributed by atoms with van der Waals surface area (Å²) < 4.78 is 12.9. The van der Waals surface area contributed by atoms with Gasteiger partial charge in [-0.2, -0.15) is 0 Å². The highest BCUT2D eigenvalue weighted by molar-refractivity contribution is 5.79. The van der Waals surface area contributed by atoms with E-state index in [-0.39, 0.29) is 11.8 Å². The van der Waals surface area contributed by atoms with Crippen LogP contribution in [0, 0.1) is 12.7 Å².